The summed E-state index contributed by atoms with van der Waals surface area (Å²) in [5, 5.41) is 0. The van der Waals surface area contributed by atoms with Gasteiger partial charge in [0.15, 0.2) is 5.90 Å². The van der Waals surface area contributed by atoms with E-state index in [-0.39, 0.29) is 29.9 Å². The van der Waals surface area contributed by atoms with E-state index >= 15 is 0 Å². The van der Waals surface area contributed by atoms with Crippen molar-refractivity contribution in [2.24, 2.45) is 10.9 Å². The van der Waals surface area contributed by atoms with Gasteiger partial charge in [-0.15, -0.1) is 0 Å². The Labute approximate surface area is 196 Å². The number of aromatic nitrogens is 2. The van der Waals surface area contributed by atoms with Crippen molar-refractivity contribution in [3.63, 3.8) is 0 Å². The van der Waals surface area contributed by atoms with Crippen LogP contribution in [-0.2, 0) is 4.74 Å². The summed E-state index contributed by atoms with van der Waals surface area (Å²) in [5.74, 6) is 0.272. The minimum atomic E-state index is -4.43. The number of pyridine rings is 2. The van der Waals surface area contributed by atoms with Gasteiger partial charge in [0.1, 0.15) is 11.8 Å². The molecular formula is C25H27F3N4O2. The monoisotopic (exact) mass is 472 g/mol. The fraction of sp³-hybridized carbons (Fsp3) is 0.440. The Hall–Kier alpha value is -3.23. The molecule has 180 valence electrons. The lowest BCUT2D eigenvalue weighted by Gasteiger charge is -2.49. The summed E-state index contributed by atoms with van der Waals surface area (Å²) >= 11 is 0. The Kier molecular flexibility index (Phi) is 6.72. The van der Waals surface area contributed by atoms with Gasteiger partial charge in [-0.25, -0.2) is 4.99 Å². The average Bonchev–Trinajstić information content (AvgIpc) is 2.82. The van der Waals surface area contributed by atoms with Crippen LogP contribution < -0.4 is 0 Å². The van der Waals surface area contributed by atoms with Crippen LogP contribution in [0.3, 0.4) is 0 Å². The molecule has 2 bridgehead atoms. The smallest absolute Gasteiger partial charge is 0.413 e. The number of amides is 1. The zero-order chi connectivity index (χ0) is 24.5. The molecule has 34 heavy (non-hydrogen) atoms. The van der Waals surface area contributed by atoms with Crippen LogP contribution in [0.4, 0.5) is 13.2 Å². The molecule has 2 aromatic rings. The SMILES string of the molecule is C/C(=C\N=C(/C)OC1CC2CCC1N(C(=O)c1ccc(C)nc1-c1ccccn1)C2)C(F)(F)F. The van der Waals surface area contributed by atoms with Gasteiger partial charge in [0, 0.05) is 37.1 Å². The van der Waals surface area contributed by atoms with Gasteiger partial charge in [0.2, 0.25) is 0 Å². The molecule has 3 unspecified atom stereocenters. The third-order valence-electron chi connectivity index (χ3n) is 6.36. The topological polar surface area (TPSA) is 67.7 Å². The third-order valence-corrected chi connectivity index (χ3v) is 6.36. The van der Waals surface area contributed by atoms with Crippen molar-refractivity contribution in [1.82, 2.24) is 14.9 Å². The van der Waals surface area contributed by atoms with Gasteiger partial charge in [-0.05, 0) is 63.3 Å². The van der Waals surface area contributed by atoms with Gasteiger partial charge >= 0.3 is 6.18 Å². The lowest BCUT2D eigenvalue weighted by molar-refractivity contribution is -0.0915. The van der Waals surface area contributed by atoms with Crippen LogP contribution in [0.2, 0.25) is 0 Å². The van der Waals surface area contributed by atoms with E-state index in [1.54, 1.807) is 12.3 Å². The molecule has 3 atom stereocenters. The number of ether oxygens (including phenoxy) is 1. The van der Waals surface area contributed by atoms with Crippen molar-refractivity contribution < 1.29 is 22.7 Å². The molecule has 0 spiro atoms. The van der Waals surface area contributed by atoms with Gasteiger partial charge in [-0.3, -0.25) is 14.8 Å². The van der Waals surface area contributed by atoms with Crippen LogP contribution in [0.1, 0.15) is 49.2 Å². The lowest BCUT2D eigenvalue weighted by Crippen LogP contribution is -2.58. The van der Waals surface area contributed by atoms with E-state index < -0.39 is 11.7 Å². The molecule has 2 aromatic heterocycles. The summed E-state index contributed by atoms with van der Waals surface area (Å²) in [7, 11) is 0. The first kappa shape index (κ1) is 23.9. The number of halogens is 3. The summed E-state index contributed by atoms with van der Waals surface area (Å²) in [6.07, 6.45) is 0.179. The summed E-state index contributed by atoms with van der Waals surface area (Å²) in [5.41, 5.74) is 1.62. The quantitative estimate of drug-likeness (QED) is 0.445. The maximum atomic E-state index is 13.7. The summed E-state index contributed by atoms with van der Waals surface area (Å²) < 4.78 is 44.1. The second kappa shape index (κ2) is 9.56. The molecule has 0 aromatic carbocycles. The summed E-state index contributed by atoms with van der Waals surface area (Å²) in [4.78, 5) is 28.3. The summed E-state index contributed by atoms with van der Waals surface area (Å²) in [6.45, 7) is 4.98. The van der Waals surface area contributed by atoms with Gasteiger partial charge in [-0.2, -0.15) is 13.2 Å². The number of rotatable bonds is 4. The molecule has 9 heteroatoms. The largest absolute Gasteiger partial charge is 0.475 e. The molecule has 3 fully saturated rings. The van der Waals surface area contributed by atoms with Gasteiger partial charge in [0.25, 0.3) is 5.91 Å². The molecule has 2 aliphatic heterocycles. The van der Waals surface area contributed by atoms with E-state index in [1.165, 1.54) is 6.92 Å². The number of allylic oxidation sites excluding steroid dienone is 1. The molecule has 3 aliphatic rings. The van der Waals surface area contributed by atoms with Crippen LogP contribution in [0.5, 0.6) is 0 Å². The minimum Gasteiger partial charge on any atom is -0.475 e. The highest BCUT2D eigenvalue weighted by molar-refractivity contribution is 6.00. The molecule has 1 amide bonds. The molecule has 0 N–H and O–H groups in total. The second-order valence-electron chi connectivity index (χ2n) is 8.88. The van der Waals surface area contributed by atoms with Crippen molar-refractivity contribution in [1.29, 1.82) is 0 Å². The van der Waals surface area contributed by atoms with Crippen LogP contribution in [0, 0.1) is 12.8 Å². The van der Waals surface area contributed by atoms with E-state index in [4.69, 9.17) is 4.74 Å². The molecular weight excluding hydrogens is 445 g/mol. The second-order valence-corrected chi connectivity index (χ2v) is 8.88. The van der Waals surface area contributed by atoms with E-state index in [9.17, 15) is 18.0 Å². The Morgan fingerprint density at radius 1 is 1.21 bits per heavy atom. The van der Waals surface area contributed by atoms with Crippen molar-refractivity contribution in [3.8, 4) is 11.4 Å². The minimum absolute atomic E-state index is 0.140. The molecule has 4 heterocycles. The average molecular weight is 473 g/mol. The van der Waals surface area contributed by atoms with Crippen LogP contribution in [-0.4, -0.2) is 51.5 Å². The van der Waals surface area contributed by atoms with Crippen molar-refractivity contribution >= 4 is 11.8 Å². The number of nitrogens with zero attached hydrogens (tertiary/aromatic N) is 4. The van der Waals surface area contributed by atoms with Crippen LogP contribution in [0.15, 0.2) is 53.3 Å². The predicted molar refractivity (Wildman–Crippen MR) is 122 cm³/mol. The van der Waals surface area contributed by atoms with Crippen molar-refractivity contribution in [3.05, 3.63) is 59.6 Å². The number of alkyl halides is 3. The molecule has 5 rings (SSSR count). The zero-order valence-corrected chi connectivity index (χ0v) is 19.3. The molecule has 2 saturated heterocycles. The third kappa shape index (κ3) is 5.13. The maximum absolute atomic E-state index is 13.7. The molecule has 1 aliphatic carbocycles. The first-order chi connectivity index (χ1) is 16.1. The van der Waals surface area contributed by atoms with Crippen LogP contribution in [0.25, 0.3) is 11.4 Å². The fourth-order valence-electron chi connectivity index (χ4n) is 4.58. The van der Waals surface area contributed by atoms with E-state index in [2.05, 4.69) is 15.0 Å². The highest BCUT2D eigenvalue weighted by Gasteiger charge is 2.45. The molecule has 0 radical (unpaired) electrons. The van der Waals surface area contributed by atoms with Crippen molar-refractivity contribution in [2.45, 2.75) is 58.4 Å². The zero-order valence-electron chi connectivity index (χ0n) is 19.3. The number of aliphatic imine (C=N–C) groups is 1. The Bertz CT molecular complexity index is 1110. The fourth-order valence-corrected chi connectivity index (χ4v) is 4.58. The van der Waals surface area contributed by atoms with Gasteiger partial charge in [-0.1, -0.05) is 6.07 Å². The number of carbonyl (C=O) groups is 1. The highest BCUT2D eigenvalue weighted by Crippen LogP contribution is 2.38. The Morgan fingerprint density at radius 3 is 2.68 bits per heavy atom. The van der Waals surface area contributed by atoms with Gasteiger partial charge in [0.05, 0.1) is 17.3 Å². The first-order valence-electron chi connectivity index (χ1n) is 11.3. The number of aryl methyl sites for hydroxylation is 1. The maximum Gasteiger partial charge on any atom is 0.413 e. The van der Waals surface area contributed by atoms with Crippen LogP contribution >= 0.6 is 0 Å². The number of piperidine rings is 2. The highest BCUT2D eigenvalue weighted by atomic mass is 19.4. The number of hydrogen-bond donors (Lipinski definition) is 0. The van der Waals surface area contributed by atoms with Gasteiger partial charge < -0.3 is 9.64 Å². The Balaban J connectivity index is 1.57. The summed E-state index contributed by atoms with van der Waals surface area (Å²) in [6, 6.07) is 8.88. The Morgan fingerprint density at radius 2 is 2.00 bits per heavy atom. The first-order valence-corrected chi connectivity index (χ1v) is 11.3. The predicted octanol–water partition coefficient (Wildman–Crippen LogP) is 5.35. The van der Waals surface area contributed by atoms with E-state index in [1.807, 2.05) is 36.1 Å². The normalized spacial score (nSPS) is 23.2. The lowest BCUT2D eigenvalue weighted by atomic mass is 9.77. The van der Waals surface area contributed by atoms with E-state index in [0.717, 1.165) is 38.1 Å². The number of carbonyl (C=O) groups excluding carboxylic acids is 1. The molecule has 1 saturated carbocycles. The number of hydrogen-bond acceptors (Lipinski definition) is 5. The van der Waals surface area contributed by atoms with E-state index in [0.29, 0.717) is 23.5 Å². The number of fused-ring (bicyclic) bond motifs is 3. The molecule has 6 nitrogen and oxygen atoms in total. The standard InChI is InChI=1S/C25H27F3N4O2/c1-15(25(26,27)28)13-30-17(3)34-22-12-18-8-10-21(22)32(14-18)24(33)19-9-7-16(2)31-23(19)20-6-4-5-11-29-20/h4-7,9,11,13,18,21-22H,8,10,12,14H2,1-3H3/b15-13+,30-17+. The van der Waals surface area contributed by atoms with Crippen molar-refractivity contribution in [2.75, 3.05) is 6.54 Å².